The minimum Gasteiger partial charge on any atom is -0.491 e. The molecule has 2 aromatic rings. The molecule has 106 valence electrons. The summed E-state index contributed by atoms with van der Waals surface area (Å²) in [6.45, 7) is 6.31. The normalized spacial score (nSPS) is 10.8. The first-order valence-electron chi connectivity index (χ1n) is 6.66. The third-order valence-corrected chi connectivity index (χ3v) is 2.82. The van der Waals surface area contributed by atoms with E-state index in [1.54, 1.807) is 6.07 Å². The lowest BCUT2D eigenvalue weighted by molar-refractivity contribution is 0.242. The van der Waals surface area contributed by atoms with Crippen LogP contribution in [0, 0.1) is 0 Å². The number of hydrogen-bond acceptors (Lipinski definition) is 4. The number of nitrogens with two attached hydrogens (primary N) is 1. The Labute approximate surface area is 118 Å². The Bertz CT molecular complexity index is 645. The van der Waals surface area contributed by atoms with E-state index >= 15 is 0 Å². The van der Waals surface area contributed by atoms with Crippen LogP contribution in [-0.2, 0) is 6.54 Å². The minimum absolute atomic E-state index is 0.136. The molecule has 1 aromatic heterocycles. The molecule has 20 heavy (non-hydrogen) atoms. The van der Waals surface area contributed by atoms with Gasteiger partial charge in [0.15, 0.2) is 0 Å². The molecule has 2 N–H and O–H groups in total. The highest BCUT2D eigenvalue weighted by molar-refractivity contribution is 5.62. The van der Waals surface area contributed by atoms with E-state index in [1.165, 1.54) is 4.68 Å². The van der Waals surface area contributed by atoms with Gasteiger partial charge in [0, 0.05) is 12.1 Å². The Morgan fingerprint density at radius 1 is 1.30 bits per heavy atom. The van der Waals surface area contributed by atoms with Gasteiger partial charge in [-0.2, -0.15) is 5.10 Å². The Kier molecular flexibility index (Phi) is 4.08. The SMILES string of the molecule is CCn1nc(-c2ccc(OC(C)C)cc2)cc(N)c1=O. The first-order valence-corrected chi connectivity index (χ1v) is 6.66. The van der Waals surface area contributed by atoms with E-state index in [0.717, 1.165) is 11.3 Å². The molecule has 1 heterocycles. The van der Waals surface area contributed by atoms with E-state index in [1.807, 2.05) is 45.0 Å². The summed E-state index contributed by atoms with van der Waals surface area (Å²) in [6.07, 6.45) is 0.136. The zero-order chi connectivity index (χ0) is 14.7. The maximum absolute atomic E-state index is 11.7. The predicted molar refractivity (Wildman–Crippen MR) is 79.8 cm³/mol. The van der Waals surface area contributed by atoms with Crippen LogP contribution >= 0.6 is 0 Å². The zero-order valence-corrected chi connectivity index (χ0v) is 12.0. The molecule has 0 atom stereocenters. The molecule has 5 nitrogen and oxygen atoms in total. The summed E-state index contributed by atoms with van der Waals surface area (Å²) in [4.78, 5) is 11.7. The van der Waals surface area contributed by atoms with Gasteiger partial charge in [0.25, 0.3) is 5.56 Å². The number of nitrogens with zero attached hydrogens (tertiary/aromatic N) is 2. The molecule has 0 fully saturated rings. The van der Waals surface area contributed by atoms with Crippen molar-refractivity contribution in [2.75, 3.05) is 5.73 Å². The van der Waals surface area contributed by atoms with Crippen molar-refractivity contribution in [2.45, 2.75) is 33.4 Å². The monoisotopic (exact) mass is 273 g/mol. The average molecular weight is 273 g/mol. The van der Waals surface area contributed by atoms with Gasteiger partial charge in [-0.25, -0.2) is 4.68 Å². The zero-order valence-electron chi connectivity index (χ0n) is 12.0. The molecule has 0 bridgehead atoms. The van der Waals surface area contributed by atoms with E-state index in [2.05, 4.69) is 5.10 Å². The number of ether oxygens (including phenoxy) is 1. The molecule has 1 aromatic carbocycles. The van der Waals surface area contributed by atoms with Gasteiger partial charge < -0.3 is 10.5 Å². The van der Waals surface area contributed by atoms with Gasteiger partial charge in [0.05, 0.1) is 11.8 Å². The number of rotatable bonds is 4. The lowest BCUT2D eigenvalue weighted by Crippen LogP contribution is -2.24. The number of nitrogen functional groups attached to an aromatic ring is 1. The van der Waals surface area contributed by atoms with Gasteiger partial charge in [-0.1, -0.05) is 0 Å². The topological polar surface area (TPSA) is 70.1 Å². The largest absolute Gasteiger partial charge is 0.491 e. The minimum atomic E-state index is -0.254. The Balaban J connectivity index is 2.37. The molecule has 0 radical (unpaired) electrons. The predicted octanol–water partition coefficient (Wildman–Crippen LogP) is 2.30. The van der Waals surface area contributed by atoms with Crippen LogP contribution in [0.3, 0.4) is 0 Å². The van der Waals surface area contributed by atoms with Gasteiger partial charge in [-0.05, 0) is 51.1 Å². The van der Waals surface area contributed by atoms with Crippen molar-refractivity contribution in [3.63, 3.8) is 0 Å². The molecule has 0 aliphatic rings. The third kappa shape index (κ3) is 2.99. The molecule has 0 saturated heterocycles. The summed E-state index contributed by atoms with van der Waals surface area (Å²) in [5.74, 6) is 0.806. The summed E-state index contributed by atoms with van der Waals surface area (Å²) in [5, 5.41) is 4.30. The first-order chi connectivity index (χ1) is 9.51. The second-order valence-corrected chi connectivity index (χ2v) is 4.80. The fourth-order valence-corrected chi connectivity index (χ4v) is 1.89. The van der Waals surface area contributed by atoms with E-state index in [4.69, 9.17) is 10.5 Å². The van der Waals surface area contributed by atoms with Crippen LogP contribution in [0.15, 0.2) is 35.1 Å². The van der Waals surface area contributed by atoms with Crippen LogP contribution < -0.4 is 16.0 Å². The summed E-state index contributed by atoms with van der Waals surface area (Å²) in [6, 6.07) is 9.18. The Morgan fingerprint density at radius 2 is 1.95 bits per heavy atom. The van der Waals surface area contributed by atoms with Crippen molar-refractivity contribution >= 4 is 5.69 Å². The van der Waals surface area contributed by atoms with Crippen LogP contribution in [0.25, 0.3) is 11.3 Å². The van der Waals surface area contributed by atoms with Gasteiger partial charge in [-0.15, -0.1) is 0 Å². The van der Waals surface area contributed by atoms with Crippen molar-refractivity contribution in [3.05, 3.63) is 40.7 Å². The second-order valence-electron chi connectivity index (χ2n) is 4.80. The van der Waals surface area contributed by atoms with Crippen LogP contribution in [0.1, 0.15) is 20.8 Å². The highest BCUT2D eigenvalue weighted by atomic mass is 16.5. The van der Waals surface area contributed by atoms with E-state index in [-0.39, 0.29) is 17.4 Å². The summed E-state index contributed by atoms with van der Waals surface area (Å²) in [7, 11) is 0. The summed E-state index contributed by atoms with van der Waals surface area (Å²) < 4.78 is 6.96. The van der Waals surface area contributed by atoms with E-state index < -0.39 is 0 Å². The first kappa shape index (κ1) is 14.1. The molecular weight excluding hydrogens is 254 g/mol. The lowest BCUT2D eigenvalue weighted by atomic mass is 10.1. The number of anilines is 1. The van der Waals surface area contributed by atoms with E-state index in [9.17, 15) is 4.79 Å². The number of aromatic nitrogens is 2. The van der Waals surface area contributed by atoms with Crippen LogP contribution in [0.2, 0.25) is 0 Å². The molecule has 2 rings (SSSR count). The number of aryl methyl sites for hydroxylation is 1. The number of hydrogen-bond donors (Lipinski definition) is 1. The Morgan fingerprint density at radius 3 is 2.50 bits per heavy atom. The van der Waals surface area contributed by atoms with Gasteiger partial charge in [0.2, 0.25) is 0 Å². The quantitative estimate of drug-likeness (QED) is 0.928. The highest BCUT2D eigenvalue weighted by Gasteiger charge is 2.07. The van der Waals surface area contributed by atoms with E-state index in [0.29, 0.717) is 12.2 Å². The highest BCUT2D eigenvalue weighted by Crippen LogP contribution is 2.21. The van der Waals surface area contributed by atoms with Gasteiger partial charge in [0.1, 0.15) is 11.4 Å². The maximum Gasteiger partial charge on any atom is 0.289 e. The third-order valence-electron chi connectivity index (χ3n) is 2.82. The molecule has 0 unspecified atom stereocenters. The fraction of sp³-hybridized carbons (Fsp3) is 0.333. The standard InChI is InChI=1S/C15H19N3O2/c1-4-18-15(19)13(16)9-14(17-18)11-5-7-12(8-6-11)20-10(2)3/h5-10H,4,16H2,1-3H3. The second kappa shape index (κ2) is 5.77. The molecule has 0 amide bonds. The molecule has 0 saturated carbocycles. The van der Waals surface area contributed by atoms with Gasteiger partial charge in [-0.3, -0.25) is 4.79 Å². The van der Waals surface area contributed by atoms with Crippen LogP contribution in [0.4, 0.5) is 5.69 Å². The fourth-order valence-electron chi connectivity index (χ4n) is 1.89. The average Bonchev–Trinajstić information content (AvgIpc) is 2.42. The number of benzene rings is 1. The van der Waals surface area contributed by atoms with Crippen LogP contribution in [-0.4, -0.2) is 15.9 Å². The lowest BCUT2D eigenvalue weighted by Gasteiger charge is -2.10. The molecule has 0 aliphatic heterocycles. The Hall–Kier alpha value is -2.30. The van der Waals surface area contributed by atoms with Crippen molar-refractivity contribution in [1.82, 2.24) is 9.78 Å². The van der Waals surface area contributed by atoms with Crippen molar-refractivity contribution in [3.8, 4) is 17.0 Å². The van der Waals surface area contributed by atoms with Crippen LogP contribution in [0.5, 0.6) is 5.75 Å². The maximum atomic E-state index is 11.7. The molecule has 0 spiro atoms. The molecular formula is C15H19N3O2. The smallest absolute Gasteiger partial charge is 0.289 e. The summed E-state index contributed by atoms with van der Waals surface area (Å²) >= 11 is 0. The van der Waals surface area contributed by atoms with Crippen molar-refractivity contribution in [1.29, 1.82) is 0 Å². The van der Waals surface area contributed by atoms with Crippen molar-refractivity contribution < 1.29 is 4.74 Å². The molecule has 0 aliphatic carbocycles. The summed E-state index contributed by atoms with van der Waals surface area (Å²) in [5.41, 5.74) is 7.26. The molecule has 5 heteroatoms. The van der Waals surface area contributed by atoms with Crippen molar-refractivity contribution in [2.24, 2.45) is 0 Å². The van der Waals surface area contributed by atoms with Gasteiger partial charge >= 0.3 is 0 Å².